The van der Waals surface area contributed by atoms with Crippen molar-refractivity contribution >= 4 is 27.9 Å². The molecule has 4 rings (SSSR count). The van der Waals surface area contributed by atoms with Crippen LogP contribution >= 0.6 is 0 Å². The number of aromatic nitrogens is 3. The Morgan fingerprint density at radius 2 is 2.00 bits per heavy atom. The summed E-state index contributed by atoms with van der Waals surface area (Å²) in [5.74, 6) is -2.14. The van der Waals surface area contributed by atoms with Gasteiger partial charge in [-0.25, -0.2) is 9.18 Å². The summed E-state index contributed by atoms with van der Waals surface area (Å²) in [6.45, 7) is 0.222. The highest BCUT2D eigenvalue weighted by molar-refractivity contribution is 5.92. The zero-order valence-corrected chi connectivity index (χ0v) is 13.4. The molecule has 4 aromatic rings. The summed E-state index contributed by atoms with van der Waals surface area (Å²) in [5.41, 5.74) is 1.19. The second-order valence-electron chi connectivity index (χ2n) is 5.82. The van der Waals surface area contributed by atoms with E-state index in [1.54, 1.807) is 24.5 Å². The molecule has 128 valence electrons. The number of carboxylic acids is 1. The van der Waals surface area contributed by atoms with Crippen LogP contribution in [0.5, 0.6) is 0 Å². The summed E-state index contributed by atoms with van der Waals surface area (Å²) in [4.78, 5) is 32.3. The fourth-order valence-corrected chi connectivity index (χ4v) is 2.96. The number of carbonyl (C=O) groups is 1. The van der Waals surface area contributed by atoms with Gasteiger partial charge in [0, 0.05) is 25.1 Å². The lowest BCUT2D eigenvalue weighted by Crippen LogP contribution is -2.20. The molecule has 0 bridgehead atoms. The number of halogens is 1. The predicted octanol–water partition coefficient (Wildman–Crippen LogP) is 2.83. The first kappa shape index (κ1) is 15.9. The lowest BCUT2D eigenvalue weighted by atomic mass is 10.1. The highest BCUT2D eigenvalue weighted by Gasteiger charge is 2.17. The molecular weight excluding hydrogens is 337 g/mol. The van der Waals surface area contributed by atoms with Crippen molar-refractivity contribution in [3.63, 3.8) is 0 Å². The van der Waals surface area contributed by atoms with Gasteiger partial charge in [-0.2, -0.15) is 0 Å². The van der Waals surface area contributed by atoms with Gasteiger partial charge >= 0.3 is 5.97 Å². The third kappa shape index (κ3) is 2.59. The number of pyridine rings is 3. The van der Waals surface area contributed by atoms with Crippen LogP contribution in [0.4, 0.5) is 4.39 Å². The number of nitrogens with zero attached hydrogens (tertiary/aromatic N) is 3. The van der Waals surface area contributed by atoms with Crippen LogP contribution in [0.1, 0.15) is 15.9 Å². The minimum atomic E-state index is -1.40. The minimum absolute atomic E-state index is 0.222. The lowest BCUT2D eigenvalue weighted by molar-refractivity contribution is 0.0695. The molecule has 0 aliphatic rings. The van der Waals surface area contributed by atoms with Gasteiger partial charge in [0.15, 0.2) is 0 Å². The van der Waals surface area contributed by atoms with Gasteiger partial charge in [0.1, 0.15) is 11.4 Å². The molecule has 0 spiro atoms. The number of hydrogen-bond donors (Lipinski definition) is 1. The van der Waals surface area contributed by atoms with Crippen LogP contribution in [0.25, 0.3) is 21.9 Å². The van der Waals surface area contributed by atoms with Crippen molar-refractivity contribution in [2.45, 2.75) is 6.54 Å². The van der Waals surface area contributed by atoms with Gasteiger partial charge in [-0.15, -0.1) is 0 Å². The Balaban J connectivity index is 1.92. The van der Waals surface area contributed by atoms with Crippen molar-refractivity contribution in [2.24, 2.45) is 0 Å². The Labute approximate surface area is 146 Å². The maximum Gasteiger partial charge on any atom is 0.341 e. The summed E-state index contributed by atoms with van der Waals surface area (Å²) in [6.07, 6.45) is 4.53. The molecule has 6 nitrogen and oxygen atoms in total. The summed E-state index contributed by atoms with van der Waals surface area (Å²) in [7, 11) is 0. The highest BCUT2D eigenvalue weighted by Crippen LogP contribution is 2.18. The highest BCUT2D eigenvalue weighted by atomic mass is 19.1. The standard InChI is InChI=1S/C19H12FN3O3/c20-13-3-1-5-16-17(13)18(24)12(19(25)26)10-23(16)9-11-7-15-14(22-8-11)4-2-6-21-15/h1-8,10H,9H2,(H,25,26). The monoisotopic (exact) mass is 349 g/mol. The van der Waals surface area contributed by atoms with E-state index in [1.807, 2.05) is 12.1 Å². The Morgan fingerprint density at radius 3 is 2.81 bits per heavy atom. The van der Waals surface area contributed by atoms with E-state index in [0.29, 0.717) is 11.0 Å². The first-order chi connectivity index (χ1) is 12.5. The molecule has 1 N–H and O–H groups in total. The average Bonchev–Trinajstić information content (AvgIpc) is 2.63. The fourth-order valence-electron chi connectivity index (χ4n) is 2.96. The van der Waals surface area contributed by atoms with Gasteiger partial charge < -0.3 is 9.67 Å². The molecule has 0 amide bonds. The van der Waals surface area contributed by atoms with E-state index in [0.717, 1.165) is 17.1 Å². The zero-order chi connectivity index (χ0) is 18.3. The van der Waals surface area contributed by atoms with Gasteiger partial charge in [-0.05, 0) is 35.9 Å². The number of fused-ring (bicyclic) bond motifs is 2. The SMILES string of the molecule is O=C(O)c1cn(Cc2cnc3cccnc3c2)c2cccc(F)c2c1=O. The van der Waals surface area contributed by atoms with Crippen molar-refractivity contribution in [3.8, 4) is 0 Å². The van der Waals surface area contributed by atoms with Gasteiger partial charge in [-0.3, -0.25) is 14.8 Å². The van der Waals surface area contributed by atoms with Crippen molar-refractivity contribution in [1.29, 1.82) is 0 Å². The molecule has 26 heavy (non-hydrogen) atoms. The molecule has 0 saturated heterocycles. The normalized spacial score (nSPS) is 11.1. The van der Waals surface area contributed by atoms with Crippen LogP contribution in [0.15, 0.2) is 59.8 Å². The first-order valence-electron chi connectivity index (χ1n) is 7.79. The van der Waals surface area contributed by atoms with E-state index >= 15 is 0 Å². The smallest absolute Gasteiger partial charge is 0.341 e. The largest absolute Gasteiger partial charge is 0.477 e. The van der Waals surface area contributed by atoms with Crippen molar-refractivity contribution in [2.75, 3.05) is 0 Å². The van der Waals surface area contributed by atoms with Crippen molar-refractivity contribution in [1.82, 2.24) is 14.5 Å². The molecule has 0 saturated carbocycles. The Bertz CT molecular complexity index is 1230. The maximum absolute atomic E-state index is 14.2. The number of carboxylic acid groups (broad SMARTS) is 1. The number of rotatable bonds is 3. The molecule has 1 aromatic carbocycles. The van der Waals surface area contributed by atoms with Gasteiger partial charge in [-0.1, -0.05) is 6.07 Å². The topological polar surface area (TPSA) is 85.1 Å². The van der Waals surface area contributed by atoms with E-state index in [9.17, 15) is 19.1 Å². The molecule has 3 aromatic heterocycles. The minimum Gasteiger partial charge on any atom is -0.477 e. The van der Waals surface area contributed by atoms with E-state index in [-0.39, 0.29) is 11.9 Å². The molecule has 0 aliphatic carbocycles. The second kappa shape index (κ2) is 6.03. The molecule has 0 unspecified atom stereocenters. The van der Waals surface area contributed by atoms with E-state index in [2.05, 4.69) is 9.97 Å². The van der Waals surface area contributed by atoms with Gasteiger partial charge in [0.2, 0.25) is 5.43 Å². The van der Waals surface area contributed by atoms with Crippen molar-refractivity contribution < 1.29 is 14.3 Å². The molecule has 7 heteroatoms. The zero-order valence-electron chi connectivity index (χ0n) is 13.4. The third-order valence-corrected chi connectivity index (χ3v) is 4.15. The van der Waals surface area contributed by atoms with Crippen molar-refractivity contribution in [3.05, 3.63) is 82.2 Å². The number of benzene rings is 1. The second-order valence-corrected chi connectivity index (χ2v) is 5.82. The van der Waals surface area contributed by atoms with Crippen LogP contribution in [0.3, 0.4) is 0 Å². The number of hydrogen-bond acceptors (Lipinski definition) is 4. The Hall–Kier alpha value is -3.61. The van der Waals surface area contributed by atoms with E-state index in [4.69, 9.17) is 0 Å². The van der Waals surface area contributed by atoms with Crippen LogP contribution in [0.2, 0.25) is 0 Å². The molecule has 0 aliphatic heterocycles. The average molecular weight is 349 g/mol. The van der Waals surface area contributed by atoms with E-state index < -0.39 is 22.8 Å². The molecule has 0 radical (unpaired) electrons. The van der Waals surface area contributed by atoms with Gasteiger partial charge in [0.05, 0.1) is 21.9 Å². The van der Waals surface area contributed by atoms with Crippen LogP contribution in [-0.4, -0.2) is 25.6 Å². The number of aromatic carboxylic acids is 1. The molecule has 0 fully saturated rings. The lowest BCUT2D eigenvalue weighted by Gasteiger charge is -2.13. The van der Waals surface area contributed by atoms with Crippen LogP contribution in [0, 0.1) is 5.82 Å². The maximum atomic E-state index is 14.2. The Kier molecular flexibility index (Phi) is 3.69. The Morgan fingerprint density at radius 1 is 1.15 bits per heavy atom. The van der Waals surface area contributed by atoms with Crippen LogP contribution < -0.4 is 5.43 Å². The summed E-state index contributed by atoms with van der Waals surface area (Å²) in [5, 5.41) is 9.05. The summed E-state index contributed by atoms with van der Waals surface area (Å²) < 4.78 is 15.7. The van der Waals surface area contributed by atoms with E-state index in [1.165, 1.54) is 16.8 Å². The molecule has 3 heterocycles. The van der Waals surface area contributed by atoms with Gasteiger partial charge in [0.25, 0.3) is 0 Å². The quantitative estimate of drug-likeness (QED) is 0.615. The van der Waals surface area contributed by atoms with Crippen LogP contribution in [-0.2, 0) is 6.54 Å². The summed E-state index contributed by atoms with van der Waals surface area (Å²) >= 11 is 0. The molecule has 0 atom stereocenters. The summed E-state index contributed by atoms with van der Waals surface area (Å²) in [6, 6.07) is 9.64. The third-order valence-electron chi connectivity index (χ3n) is 4.15. The first-order valence-corrected chi connectivity index (χ1v) is 7.79. The molecular formula is C19H12FN3O3. The predicted molar refractivity (Wildman–Crippen MR) is 93.8 cm³/mol. The fraction of sp³-hybridized carbons (Fsp3) is 0.0526.